The first-order valence-electron chi connectivity index (χ1n) is 9.45. The van der Waals surface area contributed by atoms with E-state index in [1.54, 1.807) is 23.9 Å². The molecule has 0 amide bonds. The van der Waals surface area contributed by atoms with Crippen molar-refractivity contribution in [3.63, 3.8) is 0 Å². The van der Waals surface area contributed by atoms with Crippen molar-refractivity contribution >= 4 is 56.6 Å². The van der Waals surface area contributed by atoms with Gasteiger partial charge in [-0.3, -0.25) is 0 Å². The molecule has 0 radical (unpaired) electrons. The number of nitrogens with zero attached hydrogens (tertiary/aromatic N) is 1. The molecule has 164 valence electrons. The number of aryl methyl sites for hydroxylation is 1. The highest BCUT2D eigenvalue weighted by Gasteiger charge is 2.25. The van der Waals surface area contributed by atoms with Crippen molar-refractivity contribution in [2.45, 2.75) is 42.2 Å². The number of halogens is 2. The van der Waals surface area contributed by atoms with Gasteiger partial charge in [0.1, 0.15) is 5.75 Å². The molecule has 0 spiro atoms. The number of benzene rings is 2. The van der Waals surface area contributed by atoms with Crippen molar-refractivity contribution in [3.05, 3.63) is 51.5 Å². The van der Waals surface area contributed by atoms with Gasteiger partial charge in [-0.1, -0.05) is 25.4 Å². The highest BCUT2D eigenvalue weighted by molar-refractivity contribution is 9.10. The van der Waals surface area contributed by atoms with Crippen molar-refractivity contribution in [3.8, 4) is 5.75 Å². The van der Waals surface area contributed by atoms with E-state index in [1.807, 2.05) is 35.5 Å². The quantitative estimate of drug-likeness (QED) is 0.291. The molecule has 0 saturated heterocycles. The maximum atomic E-state index is 13.1. The van der Waals surface area contributed by atoms with E-state index in [0.29, 0.717) is 28.8 Å². The molecule has 0 aliphatic rings. The van der Waals surface area contributed by atoms with Crippen LogP contribution in [-0.2, 0) is 16.2 Å². The van der Waals surface area contributed by atoms with Crippen molar-refractivity contribution in [2.75, 3.05) is 19.7 Å². The van der Waals surface area contributed by atoms with E-state index >= 15 is 0 Å². The predicted molar refractivity (Wildman–Crippen MR) is 127 cm³/mol. The monoisotopic (exact) mass is 533 g/mol. The molecular formula is C21H25BrClNO4S2. The van der Waals surface area contributed by atoms with Gasteiger partial charge in [0.05, 0.1) is 22.9 Å². The van der Waals surface area contributed by atoms with E-state index in [9.17, 15) is 9.35 Å². The Hall–Kier alpha value is -0.900. The summed E-state index contributed by atoms with van der Waals surface area (Å²) < 4.78 is 21.1. The van der Waals surface area contributed by atoms with Gasteiger partial charge in [0.2, 0.25) is 0 Å². The standard InChI is InChI=1S/C21H25BrClNO4S2/c1-4-9-24(30(27)17-6-7-18(22)19(23)11-17)12-15(3)29-16-5-8-20(14(2)10-16)28-13-21(25)26/h5-8,10-11,15H,4,9,12-13H2,1-3H3,(H,25,26)/t15-,30?/m1/s1. The molecule has 1 unspecified atom stereocenters. The van der Waals surface area contributed by atoms with Gasteiger partial charge in [-0.15, -0.1) is 16.1 Å². The maximum absolute atomic E-state index is 13.1. The summed E-state index contributed by atoms with van der Waals surface area (Å²) >= 11 is 9.93. The van der Waals surface area contributed by atoms with Crippen LogP contribution in [0.2, 0.25) is 5.02 Å². The number of carboxylic acid groups (broad SMARTS) is 1. The summed E-state index contributed by atoms with van der Waals surface area (Å²) in [5.74, 6) is -0.437. The third-order valence-electron chi connectivity index (χ3n) is 4.10. The van der Waals surface area contributed by atoms with Crippen LogP contribution >= 0.6 is 39.3 Å². The number of carboxylic acids is 1. The number of carbonyl (C=O) groups is 1. The zero-order chi connectivity index (χ0) is 22.3. The Labute approximate surface area is 198 Å². The van der Waals surface area contributed by atoms with Crippen molar-refractivity contribution in [2.24, 2.45) is 0 Å². The summed E-state index contributed by atoms with van der Waals surface area (Å²) in [6.45, 7) is 7.06. The molecule has 0 fully saturated rings. The summed E-state index contributed by atoms with van der Waals surface area (Å²) in [5.41, 5.74) is 0.881. The van der Waals surface area contributed by atoms with Crippen LogP contribution in [0.3, 0.4) is 0 Å². The van der Waals surface area contributed by atoms with Crippen molar-refractivity contribution < 1.29 is 19.2 Å². The number of aliphatic carboxylic acids is 1. The molecule has 0 aromatic heterocycles. The van der Waals surface area contributed by atoms with Crippen LogP contribution in [0.25, 0.3) is 0 Å². The van der Waals surface area contributed by atoms with Gasteiger partial charge in [0, 0.05) is 27.2 Å². The van der Waals surface area contributed by atoms with Crippen LogP contribution < -0.4 is 4.74 Å². The van der Waals surface area contributed by atoms with Crippen molar-refractivity contribution in [1.82, 2.24) is 4.31 Å². The number of thioether (sulfide) groups is 1. The molecule has 2 atom stereocenters. The fraction of sp³-hybridized carbons (Fsp3) is 0.381. The average molecular weight is 535 g/mol. The van der Waals surface area contributed by atoms with Gasteiger partial charge in [-0.25, -0.2) is 4.79 Å². The Morgan fingerprint density at radius 2 is 2.10 bits per heavy atom. The summed E-state index contributed by atoms with van der Waals surface area (Å²) in [4.78, 5) is 12.4. The largest absolute Gasteiger partial charge is 0.593 e. The first-order chi connectivity index (χ1) is 14.2. The Balaban J connectivity index is 2.04. The summed E-state index contributed by atoms with van der Waals surface area (Å²) in [6, 6.07) is 11.1. The van der Waals surface area contributed by atoms with Crippen molar-refractivity contribution in [1.29, 1.82) is 0 Å². The topological polar surface area (TPSA) is 72.8 Å². The van der Waals surface area contributed by atoms with Gasteiger partial charge in [-0.05, 0) is 65.2 Å². The molecule has 0 bridgehead atoms. The van der Waals surface area contributed by atoms with E-state index in [4.69, 9.17) is 21.4 Å². The molecule has 5 nitrogen and oxygen atoms in total. The van der Waals surface area contributed by atoms with Gasteiger partial charge in [0.15, 0.2) is 11.5 Å². The van der Waals surface area contributed by atoms with Crippen LogP contribution in [0, 0.1) is 6.92 Å². The highest BCUT2D eigenvalue weighted by atomic mass is 79.9. The average Bonchev–Trinajstić information content (AvgIpc) is 2.68. The lowest BCUT2D eigenvalue weighted by atomic mass is 10.2. The van der Waals surface area contributed by atoms with E-state index in [-0.39, 0.29) is 11.9 Å². The number of rotatable bonds is 11. The molecule has 0 aliphatic carbocycles. The third-order valence-corrected chi connectivity index (χ3v) is 7.86. The van der Waals surface area contributed by atoms with Crippen LogP contribution in [0.5, 0.6) is 5.75 Å². The first-order valence-corrected chi connectivity index (χ1v) is 12.6. The third kappa shape index (κ3) is 7.66. The fourth-order valence-corrected chi connectivity index (χ4v) is 5.88. The van der Waals surface area contributed by atoms with E-state index in [2.05, 4.69) is 29.8 Å². The zero-order valence-electron chi connectivity index (χ0n) is 17.1. The second-order valence-electron chi connectivity index (χ2n) is 6.75. The first kappa shape index (κ1) is 25.4. The Kier molecular flexibility index (Phi) is 10.3. The van der Waals surface area contributed by atoms with E-state index in [0.717, 1.165) is 21.4 Å². The predicted octanol–water partition coefficient (Wildman–Crippen LogP) is 5.79. The van der Waals surface area contributed by atoms with Crippen LogP contribution in [0.4, 0.5) is 0 Å². The number of ether oxygens (including phenoxy) is 1. The number of hydrogen-bond acceptors (Lipinski definition) is 5. The minimum absolute atomic E-state index is 0.191. The Morgan fingerprint density at radius 3 is 2.70 bits per heavy atom. The zero-order valence-corrected chi connectivity index (χ0v) is 21.0. The van der Waals surface area contributed by atoms with Gasteiger partial charge >= 0.3 is 5.97 Å². The summed E-state index contributed by atoms with van der Waals surface area (Å²) in [6.07, 6.45) is 0.891. The number of hydrogen-bond donors (Lipinski definition) is 1. The molecule has 30 heavy (non-hydrogen) atoms. The van der Waals surface area contributed by atoms with E-state index in [1.165, 1.54) is 0 Å². The van der Waals surface area contributed by atoms with E-state index < -0.39 is 17.3 Å². The summed E-state index contributed by atoms with van der Waals surface area (Å²) in [7, 11) is 0. The molecule has 0 saturated carbocycles. The van der Waals surface area contributed by atoms with Gasteiger partial charge < -0.3 is 14.4 Å². The lowest BCUT2D eigenvalue weighted by molar-refractivity contribution is -0.139. The molecular weight excluding hydrogens is 510 g/mol. The van der Waals surface area contributed by atoms with Gasteiger partial charge in [0.25, 0.3) is 0 Å². The van der Waals surface area contributed by atoms with Crippen LogP contribution in [0.15, 0.2) is 50.7 Å². The minimum atomic E-state index is -1.29. The summed E-state index contributed by atoms with van der Waals surface area (Å²) in [5, 5.41) is 9.49. The second-order valence-corrected chi connectivity index (χ2v) is 11.0. The molecule has 2 aromatic rings. The highest BCUT2D eigenvalue weighted by Crippen LogP contribution is 2.31. The minimum Gasteiger partial charge on any atom is -0.593 e. The second kappa shape index (κ2) is 12.2. The molecule has 1 N–H and O–H groups in total. The smallest absolute Gasteiger partial charge is 0.341 e. The van der Waals surface area contributed by atoms with Gasteiger partial charge in [-0.2, -0.15) is 0 Å². The fourth-order valence-electron chi connectivity index (χ4n) is 2.78. The molecule has 0 heterocycles. The molecule has 9 heteroatoms. The lowest BCUT2D eigenvalue weighted by Crippen LogP contribution is -2.36. The Morgan fingerprint density at radius 1 is 1.37 bits per heavy atom. The molecule has 2 aromatic carbocycles. The molecule has 2 rings (SSSR count). The van der Waals surface area contributed by atoms with Crippen LogP contribution in [0.1, 0.15) is 25.8 Å². The molecule has 0 aliphatic heterocycles. The normalized spacial score (nSPS) is 13.3. The SMILES string of the molecule is CCCN(C[C@@H](C)Sc1ccc(OCC(=O)O)c(C)c1)[S+]([O-])c1ccc(Br)c(Cl)c1. The Bertz CT molecular complexity index is 871. The van der Waals surface area contributed by atoms with Crippen LogP contribution in [-0.4, -0.2) is 44.9 Å². The maximum Gasteiger partial charge on any atom is 0.341 e. The lowest BCUT2D eigenvalue weighted by Gasteiger charge is -2.26.